The summed E-state index contributed by atoms with van der Waals surface area (Å²) in [4.78, 5) is 10.4. The first-order valence-electron chi connectivity index (χ1n) is 10.7. The summed E-state index contributed by atoms with van der Waals surface area (Å²) in [5.74, 6) is 0.816. The van der Waals surface area contributed by atoms with Gasteiger partial charge in [-0.25, -0.2) is 9.97 Å². The van der Waals surface area contributed by atoms with Crippen molar-refractivity contribution in [3.8, 4) is 33.8 Å². The summed E-state index contributed by atoms with van der Waals surface area (Å²) >= 11 is 0. The highest BCUT2D eigenvalue weighted by molar-refractivity contribution is 7.03. The Bertz CT molecular complexity index is 1440. The Balaban J connectivity index is 1.72. The molecule has 0 bridgehead atoms. The van der Waals surface area contributed by atoms with Gasteiger partial charge in [0.1, 0.15) is 8.07 Å². The fourth-order valence-corrected chi connectivity index (χ4v) is 7.69. The largest absolute Gasteiger partial charge is 0.237 e. The van der Waals surface area contributed by atoms with Crippen molar-refractivity contribution in [3.05, 3.63) is 97.1 Å². The van der Waals surface area contributed by atoms with Crippen LogP contribution in [0.4, 0.5) is 0 Å². The molecule has 0 fully saturated rings. The van der Waals surface area contributed by atoms with Gasteiger partial charge >= 0.3 is 0 Å². The molecular formula is C28H22N2Si. The van der Waals surface area contributed by atoms with E-state index in [4.69, 9.17) is 9.97 Å². The zero-order chi connectivity index (χ0) is 21.0. The van der Waals surface area contributed by atoms with Crippen LogP contribution in [0.25, 0.3) is 44.5 Å². The normalized spacial score (nSPS) is 13.7. The Kier molecular flexibility index (Phi) is 3.95. The summed E-state index contributed by atoms with van der Waals surface area (Å²) in [6.07, 6.45) is 0. The maximum absolute atomic E-state index is 5.22. The third kappa shape index (κ3) is 2.77. The summed E-state index contributed by atoms with van der Waals surface area (Å²) in [5, 5.41) is 5.26. The van der Waals surface area contributed by atoms with Crippen molar-refractivity contribution in [1.82, 2.24) is 9.97 Å². The van der Waals surface area contributed by atoms with Crippen molar-refractivity contribution in [2.75, 3.05) is 0 Å². The highest BCUT2D eigenvalue weighted by atomic mass is 28.3. The lowest BCUT2D eigenvalue weighted by atomic mass is 9.98. The topological polar surface area (TPSA) is 25.8 Å². The van der Waals surface area contributed by atoms with Crippen LogP contribution in [-0.2, 0) is 0 Å². The van der Waals surface area contributed by atoms with E-state index in [1.54, 1.807) is 0 Å². The van der Waals surface area contributed by atoms with Gasteiger partial charge < -0.3 is 0 Å². The molecule has 1 aliphatic heterocycles. The number of aromatic nitrogens is 2. The lowest BCUT2D eigenvalue weighted by molar-refractivity contribution is 1.21. The van der Waals surface area contributed by atoms with Gasteiger partial charge in [0.15, 0.2) is 5.82 Å². The Hall–Kier alpha value is -3.56. The fraction of sp³-hybridized carbons (Fsp3) is 0.0714. The van der Waals surface area contributed by atoms with Crippen molar-refractivity contribution in [1.29, 1.82) is 0 Å². The van der Waals surface area contributed by atoms with E-state index in [1.807, 2.05) is 6.07 Å². The molecule has 0 saturated heterocycles. The molecule has 0 unspecified atom stereocenters. The van der Waals surface area contributed by atoms with Crippen LogP contribution in [0.1, 0.15) is 0 Å². The van der Waals surface area contributed by atoms with Crippen LogP contribution in [0.15, 0.2) is 97.1 Å². The number of hydrogen-bond donors (Lipinski definition) is 0. The predicted molar refractivity (Wildman–Crippen MR) is 133 cm³/mol. The molecule has 1 aromatic heterocycles. The van der Waals surface area contributed by atoms with Gasteiger partial charge in [-0.05, 0) is 27.6 Å². The molecule has 2 nitrogen and oxygen atoms in total. The zero-order valence-electron chi connectivity index (χ0n) is 17.6. The molecule has 0 radical (unpaired) electrons. The molecule has 3 heteroatoms. The minimum absolute atomic E-state index is 0.816. The molecule has 31 heavy (non-hydrogen) atoms. The van der Waals surface area contributed by atoms with Crippen molar-refractivity contribution >= 4 is 29.4 Å². The monoisotopic (exact) mass is 414 g/mol. The molecule has 5 aromatic rings. The van der Waals surface area contributed by atoms with Crippen LogP contribution >= 0.6 is 0 Å². The molecule has 0 saturated carbocycles. The Labute approximate surface area is 183 Å². The maximum Gasteiger partial charge on any atom is 0.159 e. The Morgan fingerprint density at radius 1 is 0.613 bits per heavy atom. The zero-order valence-corrected chi connectivity index (χ0v) is 18.6. The summed E-state index contributed by atoms with van der Waals surface area (Å²) in [6, 6.07) is 34.3. The standard InChI is InChI=1S/C28H22N2Si/c1-31(2)24-18-22-16-10-9-15-21(22)17-23(24)25-26(19-11-5-3-6-12-19)29-27(30-28(25)31)20-13-7-4-8-14-20/h3-18H,1-2H3. The second kappa shape index (κ2) is 6.72. The van der Waals surface area contributed by atoms with Crippen molar-refractivity contribution in [2.24, 2.45) is 0 Å². The van der Waals surface area contributed by atoms with E-state index in [-0.39, 0.29) is 0 Å². The maximum atomic E-state index is 5.22. The van der Waals surface area contributed by atoms with Crippen LogP contribution in [0.2, 0.25) is 13.1 Å². The van der Waals surface area contributed by atoms with Gasteiger partial charge in [0.2, 0.25) is 0 Å². The highest BCUT2D eigenvalue weighted by Gasteiger charge is 2.41. The molecule has 0 spiro atoms. The van der Waals surface area contributed by atoms with Gasteiger partial charge in [-0.3, -0.25) is 0 Å². The van der Waals surface area contributed by atoms with Crippen molar-refractivity contribution in [3.63, 3.8) is 0 Å². The van der Waals surface area contributed by atoms with Crippen molar-refractivity contribution in [2.45, 2.75) is 13.1 Å². The van der Waals surface area contributed by atoms with Gasteiger partial charge in [-0.2, -0.15) is 0 Å². The first-order chi connectivity index (χ1) is 15.1. The Morgan fingerprint density at radius 3 is 1.87 bits per heavy atom. The lowest BCUT2D eigenvalue weighted by Gasteiger charge is -2.19. The van der Waals surface area contributed by atoms with E-state index in [2.05, 4.69) is 104 Å². The number of rotatable bonds is 2. The third-order valence-electron chi connectivity index (χ3n) is 6.41. The molecule has 0 atom stereocenters. The van der Waals surface area contributed by atoms with E-state index in [9.17, 15) is 0 Å². The summed E-state index contributed by atoms with van der Waals surface area (Å²) in [7, 11) is -1.98. The van der Waals surface area contributed by atoms with Gasteiger partial charge in [-0.1, -0.05) is 104 Å². The van der Waals surface area contributed by atoms with E-state index in [0.29, 0.717) is 0 Å². The molecule has 1 aliphatic rings. The van der Waals surface area contributed by atoms with E-state index in [1.165, 1.54) is 32.4 Å². The number of fused-ring (bicyclic) bond motifs is 4. The highest BCUT2D eigenvalue weighted by Crippen LogP contribution is 2.37. The van der Waals surface area contributed by atoms with E-state index in [0.717, 1.165) is 22.6 Å². The van der Waals surface area contributed by atoms with Crippen molar-refractivity contribution < 1.29 is 0 Å². The SMILES string of the molecule is C[Si]1(C)c2cc3ccccc3cc2-c2c(-c3ccccc3)nc(-c3ccccc3)nc21. The van der Waals surface area contributed by atoms with E-state index < -0.39 is 8.07 Å². The van der Waals surface area contributed by atoms with Crippen LogP contribution in [-0.4, -0.2) is 18.0 Å². The van der Waals surface area contributed by atoms with Crippen LogP contribution in [0.5, 0.6) is 0 Å². The first kappa shape index (κ1) is 18.2. The van der Waals surface area contributed by atoms with Crippen LogP contribution < -0.4 is 10.5 Å². The van der Waals surface area contributed by atoms with Gasteiger partial charge in [0.05, 0.1) is 5.69 Å². The molecule has 148 valence electrons. The fourth-order valence-electron chi connectivity index (χ4n) is 4.78. The molecule has 4 aromatic carbocycles. The van der Waals surface area contributed by atoms with Crippen LogP contribution in [0, 0.1) is 0 Å². The average Bonchev–Trinajstić information content (AvgIpc) is 3.04. The summed E-state index contributed by atoms with van der Waals surface area (Å²) in [5.41, 5.74) is 5.78. The molecular weight excluding hydrogens is 392 g/mol. The molecule has 0 N–H and O–H groups in total. The Morgan fingerprint density at radius 2 is 1.19 bits per heavy atom. The molecule has 2 heterocycles. The second-order valence-corrected chi connectivity index (χ2v) is 13.0. The minimum Gasteiger partial charge on any atom is -0.237 e. The number of benzene rings is 4. The van der Waals surface area contributed by atoms with E-state index >= 15 is 0 Å². The summed E-state index contributed by atoms with van der Waals surface area (Å²) < 4.78 is 0. The van der Waals surface area contributed by atoms with Gasteiger partial charge in [0.25, 0.3) is 0 Å². The third-order valence-corrected chi connectivity index (χ3v) is 9.71. The average molecular weight is 415 g/mol. The quantitative estimate of drug-likeness (QED) is 0.343. The summed E-state index contributed by atoms with van der Waals surface area (Å²) in [6.45, 7) is 4.84. The molecule has 0 aliphatic carbocycles. The number of nitrogens with zero attached hydrogens (tertiary/aromatic N) is 2. The smallest absolute Gasteiger partial charge is 0.159 e. The minimum atomic E-state index is -1.98. The van der Waals surface area contributed by atoms with Gasteiger partial charge in [0, 0.05) is 22.0 Å². The van der Waals surface area contributed by atoms with Crippen LogP contribution in [0.3, 0.4) is 0 Å². The number of hydrogen-bond acceptors (Lipinski definition) is 2. The second-order valence-electron chi connectivity index (χ2n) is 8.72. The van der Waals surface area contributed by atoms with Gasteiger partial charge in [-0.15, -0.1) is 0 Å². The molecule has 0 amide bonds. The first-order valence-corrected chi connectivity index (χ1v) is 13.7. The molecule has 6 rings (SSSR count). The predicted octanol–water partition coefficient (Wildman–Crippen LogP) is 5.77. The lowest BCUT2D eigenvalue weighted by Crippen LogP contribution is -2.51.